The second-order valence-electron chi connectivity index (χ2n) is 6.04. The number of fused-ring (bicyclic) bond motifs is 1. The molecule has 2 heterocycles. The molecule has 3 rings (SSSR count). The first-order chi connectivity index (χ1) is 11.9. The van der Waals surface area contributed by atoms with E-state index in [1.54, 1.807) is 30.5 Å². The Kier molecular flexibility index (Phi) is 4.85. The van der Waals surface area contributed by atoms with E-state index in [9.17, 15) is 9.59 Å². The Hall–Kier alpha value is -2.67. The molecule has 0 saturated heterocycles. The summed E-state index contributed by atoms with van der Waals surface area (Å²) < 4.78 is 7.26. The molecule has 6 nitrogen and oxygen atoms in total. The highest BCUT2D eigenvalue weighted by Crippen LogP contribution is 2.19. The maximum absolute atomic E-state index is 12.1. The number of hydrogen-bond acceptors (Lipinski definition) is 5. The summed E-state index contributed by atoms with van der Waals surface area (Å²) in [4.78, 5) is 30.0. The number of nitrogens with zero attached hydrogens (tertiary/aromatic N) is 2. The smallest absolute Gasteiger partial charge is 0.258 e. The fourth-order valence-electron chi connectivity index (χ4n) is 2.24. The van der Waals surface area contributed by atoms with Gasteiger partial charge >= 0.3 is 0 Å². The summed E-state index contributed by atoms with van der Waals surface area (Å²) in [7, 11) is 0. The first kappa shape index (κ1) is 17.2. The molecule has 1 N–H and O–H groups in total. The number of rotatable bonds is 5. The number of anilines is 1. The van der Waals surface area contributed by atoms with Crippen LogP contribution in [0.25, 0.3) is 4.96 Å². The number of ether oxygens (including phenoxy) is 1. The van der Waals surface area contributed by atoms with E-state index >= 15 is 0 Å². The fraction of sp³-hybridized carbons (Fsp3) is 0.278. The normalized spacial score (nSPS) is 11.0. The molecule has 3 aromatic rings. The summed E-state index contributed by atoms with van der Waals surface area (Å²) in [6, 6.07) is 8.63. The first-order valence-corrected chi connectivity index (χ1v) is 8.76. The van der Waals surface area contributed by atoms with E-state index in [-0.39, 0.29) is 24.0 Å². The van der Waals surface area contributed by atoms with E-state index in [4.69, 9.17) is 4.74 Å². The summed E-state index contributed by atoms with van der Waals surface area (Å²) in [5, 5.41) is 2.83. The maximum Gasteiger partial charge on any atom is 0.258 e. The summed E-state index contributed by atoms with van der Waals surface area (Å²) in [6.45, 7) is 5.79. The van der Waals surface area contributed by atoms with Crippen LogP contribution in [-0.2, 0) is 11.4 Å². The number of hydrogen-bond donors (Lipinski definition) is 1. The van der Waals surface area contributed by atoms with Crippen LogP contribution in [0, 0.1) is 12.8 Å². The highest BCUT2D eigenvalue weighted by Gasteiger charge is 2.09. The summed E-state index contributed by atoms with van der Waals surface area (Å²) >= 11 is 1.46. The maximum atomic E-state index is 12.1. The van der Waals surface area contributed by atoms with Gasteiger partial charge in [0.1, 0.15) is 12.4 Å². The van der Waals surface area contributed by atoms with Crippen molar-refractivity contribution in [1.29, 1.82) is 0 Å². The third-order valence-corrected chi connectivity index (χ3v) is 4.45. The van der Waals surface area contributed by atoms with Crippen molar-refractivity contribution in [2.45, 2.75) is 27.4 Å². The number of amides is 1. The molecule has 0 fully saturated rings. The van der Waals surface area contributed by atoms with Gasteiger partial charge in [-0.3, -0.25) is 14.0 Å². The molecular weight excluding hydrogens is 338 g/mol. The standard InChI is InChI=1S/C18H19N3O3S/c1-11(2)17(23)19-13-5-4-6-15(7-13)24-10-14-8-16(22)21-9-12(3)25-18(21)20-14/h4-9,11H,10H2,1-3H3,(H,19,23). The molecule has 25 heavy (non-hydrogen) atoms. The molecule has 0 aliphatic carbocycles. The van der Waals surface area contributed by atoms with E-state index in [0.717, 1.165) is 4.88 Å². The van der Waals surface area contributed by atoms with Gasteiger partial charge in [0.25, 0.3) is 5.56 Å². The highest BCUT2D eigenvalue weighted by atomic mass is 32.1. The minimum absolute atomic E-state index is 0.0506. The van der Waals surface area contributed by atoms with Crippen molar-refractivity contribution in [2.75, 3.05) is 5.32 Å². The Morgan fingerprint density at radius 1 is 1.36 bits per heavy atom. The highest BCUT2D eigenvalue weighted by molar-refractivity contribution is 7.16. The van der Waals surface area contributed by atoms with Crippen molar-refractivity contribution in [3.05, 3.63) is 57.5 Å². The Balaban J connectivity index is 1.73. The van der Waals surface area contributed by atoms with Crippen molar-refractivity contribution in [1.82, 2.24) is 9.38 Å². The van der Waals surface area contributed by atoms with Gasteiger partial charge in [-0.2, -0.15) is 0 Å². The van der Waals surface area contributed by atoms with Crippen LogP contribution >= 0.6 is 11.3 Å². The van der Waals surface area contributed by atoms with Crippen molar-refractivity contribution in [3.63, 3.8) is 0 Å². The molecule has 0 atom stereocenters. The lowest BCUT2D eigenvalue weighted by atomic mass is 10.2. The second kappa shape index (κ2) is 7.06. The van der Waals surface area contributed by atoms with Crippen molar-refractivity contribution < 1.29 is 9.53 Å². The third-order valence-electron chi connectivity index (χ3n) is 3.55. The summed E-state index contributed by atoms with van der Waals surface area (Å²) in [6.07, 6.45) is 1.78. The molecule has 0 bridgehead atoms. The molecule has 1 aromatic carbocycles. The number of carbonyl (C=O) groups is 1. The number of aryl methyl sites for hydroxylation is 1. The Morgan fingerprint density at radius 2 is 2.16 bits per heavy atom. The molecule has 0 aliphatic rings. The topological polar surface area (TPSA) is 72.7 Å². The van der Waals surface area contributed by atoms with Gasteiger partial charge in [0.05, 0.1) is 5.69 Å². The SMILES string of the molecule is Cc1cn2c(=O)cc(COc3cccc(NC(=O)C(C)C)c3)nc2s1. The van der Waals surface area contributed by atoms with Gasteiger partial charge < -0.3 is 10.1 Å². The predicted octanol–water partition coefficient (Wildman–Crippen LogP) is 3.24. The Bertz CT molecular complexity index is 975. The summed E-state index contributed by atoms with van der Waals surface area (Å²) in [5.41, 5.74) is 1.13. The number of carbonyl (C=O) groups excluding carboxylic acids is 1. The Labute approximate surface area is 149 Å². The molecule has 2 aromatic heterocycles. The minimum atomic E-state index is -0.120. The van der Waals surface area contributed by atoms with Crippen LogP contribution in [0.15, 0.2) is 41.3 Å². The number of aromatic nitrogens is 2. The van der Waals surface area contributed by atoms with Gasteiger partial charge in [-0.25, -0.2) is 4.98 Å². The van der Waals surface area contributed by atoms with Gasteiger partial charge in [-0.05, 0) is 19.1 Å². The van der Waals surface area contributed by atoms with Crippen LogP contribution in [0.2, 0.25) is 0 Å². The van der Waals surface area contributed by atoms with Gasteiger partial charge in [0.2, 0.25) is 5.91 Å². The molecule has 0 unspecified atom stereocenters. The molecule has 0 radical (unpaired) electrons. The van der Waals surface area contributed by atoms with Gasteiger partial charge in [-0.15, -0.1) is 11.3 Å². The summed E-state index contributed by atoms with van der Waals surface area (Å²) in [5.74, 6) is 0.457. The quantitative estimate of drug-likeness (QED) is 0.761. The number of thiazole rings is 1. The van der Waals surface area contributed by atoms with Crippen LogP contribution in [0.4, 0.5) is 5.69 Å². The zero-order valence-corrected chi connectivity index (χ0v) is 15.1. The van der Waals surface area contributed by atoms with E-state index < -0.39 is 0 Å². The van der Waals surface area contributed by atoms with Gasteiger partial charge in [0.15, 0.2) is 4.96 Å². The largest absolute Gasteiger partial charge is 0.487 e. The fourth-order valence-corrected chi connectivity index (χ4v) is 3.09. The minimum Gasteiger partial charge on any atom is -0.487 e. The van der Waals surface area contributed by atoms with Gasteiger partial charge in [0, 0.05) is 34.8 Å². The van der Waals surface area contributed by atoms with Crippen molar-refractivity contribution in [3.8, 4) is 5.75 Å². The van der Waals surface area contributed by atoms with Crippen LogP contribution in [0.1, 0.15) is 24.4 Å². The van der Waals surface area contributed by atoms with E-state index in [1.165, 1.54) is 21.8 Å². The van der Waals surface area contributed by atoms with Gasteiger partial charge in [-0.1, -0.05) is 19.9 Å². The molecule has 0 saturated carbocycles. The van der Waals surface area contributed by atoms with E-state index in [0.29, 0.717) is 22.1 Å². The van der Waals surface area contributed by atoms with E-state index in [2.05, 4.69) is 10.3 Å². The number of benzene rings is 1. The van der Waals surface area contributed by atoms with Crippen LogP contribution < -0.4 is 15.6 Å². The monoisotopic (exact) mass is 357 g/mol. The first-order valence-electron chi connectivity index (χ1n) is 7.95. The zero-order chi connectivity index (χ0) is 18.0. The molecule has 7 heteroatoms. The predicted molar refractivity (Wildman–Crippen MR) is 98.3 cm³/mol. The van der Waals surface area contributed by atoms with Crippen LogP contribution in [0.3, 0.4) is 0 Å². The van der Waals surface area contributed by atoms with Crippen LogP contribution in [-0.4, -0.2) is 15.3 Å². The lowest BCUT2D eigenvalue weighted by Crippen LogP contribution is -2.17. The molecule has 1 amide bonds. The van der Waals surface area contributed by atoms with Crippen molar-refractivity contribution in [2.24, 2.45) is 5.92 Å². The lowest BCUT2D eigenvalue weighted by Gasteiger charge is -2.10. The average molecular weight is 357 g/mol. The zero-order valence-electron chi connectivity index (χ0n) is 14.3. The second-order valence-corrected chi connectivity index (χ2v) is 7.25. The average Bonchev–Trinajstić information content (AvgIpc) is 2.94. The van der Waals surface area contributed by atoms with Crippen molar-refractivity contribution >= 4 is 27.9 Å². The Morgan fingerprint density at radius 3 is 2.92 bits per heavy atom. The van der Waals surface area contributed by atoms with E-state index in [1.807, 2.05) is 20.8 Å². The lowest BCUT2D eigenvalue weighted by molar-refractivity contribution is -0.118. The molecule has 130 valence electrons. The molecule has 0 spiro atoms. The molecule has 0 aliphatic heterocycles. The third kappa shape index (κ3) is 4.06. The van der Waals surface area contributed by atoms with Crippen LogP contribution in [0.5, 0.6) is 5.75 Å². The molecular formula is C18H19N3O3S. The number of nitrogens with one attached hydrogen (secondary N) is 1.